The molecule has 1 rings (SSSR count). The van der Waals surface area contributed by atoms with E-state index in [1.54, 1.807) is 0 Å². The van der Waals surface area contributed by atoms with E-state index in [-0.39, 0.29) is 5.92 Å². The Hall–Kier alpha value is -0.900. The number of aliphatic hydroxyl groups excluding tert-OH is 1. The van der Waals surface area contributed by atoms with Gasteiger partial charge < -0.3 is 5.11 Å². The number of hydrogen-bond donors (Lipinski definition) is 1. The van der Waals surface area contributed by atoms with Crippen molar-refractivity contribution in [1.29, 1.82) is 0 Å². The molecule has 1 heterocycles. The highest BCUT2D eigenvalue weighted by molar-refractivity contribution is 5.14. The molecule has 1 atom stereocenters. The van der Waals surface area contributed by atoms with Crippen LogP contribution >= 0.6 is 0 Å². The summed E-state index contributed by atoms with van der Waals surface area (Å²) in [6.45, 7) is 1.14. The van der Waals surface area contributed by atoms with Crippen LogP contribution in [0.2, 0.25) is 0 Å². The second-order valence-corrected chi connectivity index (χ2v) is 3.36. The normalized spacial score (nSPS) is 14.1. The third-order valence-corrected chi connectivity index (χ3v) is 1.94. The molecule has 0 fully saturated rings. The molecule has 0 aliphatic heterocycles. The first kappa shape index (κ1) is 10.2. The summed E-state index contributed by atoms with van der Waals surface area (Å²) in [5, 5.41) is 9.53. The maximum absolute atomic E-state index is 12.1. The highest BCUT2D eigenvalue weighted by Gasteiger charge is 2.14. The Bertz CT molecular complexity index is 270. The minimum absolute atomic E-state index is 0.0357. The molecule has 0 radical (unpaired) electrons. The summed E-state index contributed by atoms with van der Waals surface area (Å²) in [5.74, 6) is 0.0357. The van der Waals surface area contributed by atoms with Gasteiger partial charge in [-0.25, -0.2) is 0 Å². The van der Waals surface area contributed by atoms with Gasteiger partial charge in [-0.2, -0.15) is 8.78 Å². The van der Waals surface area contributed by atoms with E-state index in [0.29, 0.717) is 5.56 Å². The molecule has 1 unspecified atom stereocenters. The molecule has 1 aromatic rings. The Morgan fingerprint density at radius 2 is 2.00 bits per heavy atom. The Kier molecular flexibility index (Phi) is 3.03. The molecule has 0 aromatic carbocycles. The maximum atomic E-state index is 12.1. The first-order chi connectivity index (χ1) is 6.02. The molecule has 0 aliphatic rings. The predicted molar refractivity (Wildman–Crippen MR) is 45.5 cm³/mol. The summed E-state index contributed by atoms with van der Waals surface area (Å²) in [4.78, 5) is 0. The first-order valence-corrected chi connectivity index (χ1v) is 4.16. The maximum Gasteiger partial charge on any atom is 0.318 e. The standard InChI is InChI=1S/C9H13F2NO/c1-6(2)8(13)7-3-4-12(5-7)9(10)11/h3-6,8-9,13H,1-2H3. The lowest BCUT2D eigenvalue weighted by Crippen LogP contribution is -2.04. The number of aromatic nitrogens is 1. The monoisotopic (exact) mass is 189 g/mol. The number of rotatable bonds is 3. The van der Waals surface area contributed by atoms with Crippen LogP contribution in [0.15, 0.2) is 18.5 Å². The smallest absolute Gasteiger partial charge is 0.318 e. The molecule has 0 bridgehead atoms. The van der Waals surface area contributed by atoms with Gasteiger partial charge in [-0.3, -0.25) is 4.57 Å². The van der Waals surface area contributed by atoms with Gasteiger partial charge >= 0.3 is 6.55 Å². The Morgan fingerprint density at radius 3 is 2.38 bits per heavy atom. The van der Waals surface area contributed by atoms with Crippen molar-refractivity contribution < 1.29 is 13.9 Å². The predicted octanol–water partition coefficient (Wildman–Crippen LogP) is 2.57. The fourth-order valence-corrected chi connectivity index (χ4v) is 1.11. The summed E-state index contributed by atoms with van der Waals surface area (Å²) in [7, 11) is 0. The van der Waals surface area contributed by atoms with Crippen LogP contribution in [0.3, 0.4) is 0 Å². The topological polar surface area (TPSA) is 25.2 Å². The van der Waals surface area contributed by atoms with Gasteiger partial charge in [-0.05, 0) is 17.5 Å². The van der Waals surface area contributed by atoms with Gasteiger partial charge in [0.1, 0.15) is 0 Å². The van der Waals surface area contributed by atoms with Crippen LogP contribution in [0.4, 0.5) is 8.78 Å². The van der Waals surface area contributed by atoms with Crippen LogP contribution in [-0.2, 0) is 0 Å². The van der Waals surface area contributed by atoms with Gasteiger partial charge in [0.2, 0.25) is 0 Å². The van der Waals surface area contributed by atoms with Crippen molar-refractivity contribution >= 4 is 0 Å². The molecule has 0 saturated heterocycles. The number of alkyl halides is 2. The van der Waals surface area contributed by atoms with E-state index in [1.165, 1.54) is 18.5 Å². The number of halogens is 2. The largest absolute Gasteiger partial charge is 0.388 e. The Labute approximate surface area is 75.8 Å². The van der Waals surface area contributed by atoms with Crippen LogP contribution in [0.25, 0.3) is 0 Å². The fourth-order valence-electron chi connectivity index (χ4n) is 1.11. The van der Waals surface area contributed by atoms with Gasteiger partial charge in [0.05, 0.1) is 6.10 Å². The summed E-state index contributed by atoms with van der Waals surface area (Å²) >= 11 is 0. The molecule has 0 saturated carbocycles. The van der Waals surface area contributed by atoms with E-state index in [2.05, 4.69) is 0 Å². The van der Waals surface area contributed by atoms with E-state index in [4.69, 9.17) is 0 Å². The van der Waals surface area contributed by atoms with E-state index in [9.17, 15) is 13.9 Å². The van der Waals surface area contributed by atoms with Crippen LogP contribution in [0.1, 0.15) is 32.1 Å². The highest BCUT2D eigenvalue weighted by atomic mass is 19.3. The lowest BCUT2D eigenvalue weighted by Gasteiger charge is -2.12. The lowest BCUT2D eigenvalue weighted by atomic mass is 10.0. The van der Waals surface area contributed by atoms with Crippen molar-refractivity contribution in [3.05, 3.63) is 24.0 Å². The zero-order valence-corrected chi connectivity index (χ0v) is 7.61. The molecule has 0 amide bonds. The first-order valence-electron chi connectivity index (χ1n) is 4.16. The fraction of sp³-hybridized carbons (Fsp3) is 0.556. The minimum Gasteiger partial charge on any atom is -0.388 e. The molecule has 13 heavy (non-hydrogen) atoms. The number of hydrogen-bond acceptors (Lipinski definition) is 1. The second kappa shape index (κ2) is 3.87. The van der Waals surface area contributed by atoms with E-state index in [1.807, 2.05) is 13.8 Å². The molecule has 2 nitrogen and oxygen atoms in total. The zero-order chi connectivity index (χ0) is 10.0. The van der Waals surface area contributed by atoms with Crippen LogP contribution in [-0.4, -0.2) is 9.67 Å². The molecule has 74 valence electrons. The average Bonchev–Trinajstić information content (AvgIpc) is 2.50. The molecular weight excluding hydrogens is 176 g/mol. The van der Waals surface area contributed by atoms with Crippen molar-refractivity contribution in [3.63, 3.8) is 0 Å². The van der Waals surface area contributed by atoms with Gasteiger partial charge in [-0.15, -0.1) is 0 Å². The van der Waals surface area contributed by atoms with Gasteiger partial charge in [0.15, 0.2) is 0 Å². The third kappa shape index (κ3) is 2.28. The Balaban J connectivity index is 2.79. The summed E-state index contributed by atoms with van der Waals surface area (Å²) in [6, 6.07) is 1.51. The Morgan fingerprint density at radius 1 is 1.38 bits per heavy atom. The van der Waals surface area contributed by atoms with Crippen LogP contribution < -0.4 is 0 Å². The SMILES string of the molecule is CC(C)C(O)c1ccn(C(F)F)c1. The van der Waals surface area contributed by atoms with E-state index < -0.39 is 12.7 Å². The van der Waals surface area contributed by atoms with Crippen molar-refractivity contribution in [3.8, 4) is 0 Å². The molecule has 4 heteroatoms. The van der Waals surface area contributed by atoms with Crippen molar-refractivity contribution in [2.24, 2.45) is 5.92 Å². The zero-order valence-electron chi connectivity index (χ0n) is 7.61. The summed E-state index contributed by atoms with van der Waals surface area (Å²) < 4.78 is 25.0. The van der Waals surface area contributed by atoms with Crippen LogP contribution in [0.5, 0.6) is 0 Å². The summed E-state index contributed by atoms with van der Waals surface area (Å²) in [6.07, 6.45) is 1.88. The number of nitrogens with zero attached hydrogens (tertiary/aromatic N) is 1. The molecule has 1 aromatic heterocycles. The van der Waals surface area contributed by atoms with Gasteiger partial charge in [0, 0.05) is 12.4 Å². The van der Waals surface area contributed by atoms with Gasteiger partial charge in [-0.1, -0.05) is 13.8 Å². The molecule has 1 N–H and O–H groups in total. The second-order valence-electron chi connectivity index (χ2n) is 3.36. The van der Waals surface area contributed by atoms with Gasteiger partial charge in [0.25, 0.3) is 0 Å². The number of aliphatic hydroxyl groups is 1. The highest BCUT2D eigenvalue weighted by Crippen LogP contribution is 2.23. The van der Waals surface area contributed by atoms with Crippen molar-refractivity contribution in [2.75, 3.05) is 0 Å². The molecular formula is C9H13F2NO. The van der Waals surface area contributed by atoms with E-state index >= 15 is 0 Å². The lowest BCUT2D eigenvalue weighted by molar-refractivity contribution is 0.0696. The van der Waals surface area contributed by atoms with Crippen molar-refractivity contribution in [1.82, 2.24) is 4.57 Å². The third-order valence-electron chi connectivity index (χ3n) is 1.94. The van der Waals surface area contributed by atoms with E-state index in [0.717, 1.165) is 4.57 Å². The average molecular weight is 189 g/mol. The molecule has 0 spiro atoms. The quantitative estimate of drug-likeness (QED) is 0.776. The summed E-state index contributed by atoms with van der Waals surface area (Å²) in [5.41, 5.74) is 0.537. The van der Waals surface area contributed by atoms with Crippen LogP contribution in [0, 0.1) is 5.92 Å². The molecule has 0 aliphatic carbocycles. The van der Waals surface area contributed by atoms with Crippen molar-refractivity contribution in [2.45, 2.75) is 26.5 Å². The minimum atomic E-state index is -2.53.